The number of nitrogens with one attached hydrogen (secondary N) is 1. The number of para-hydroxylation sites is 1. The first-order valence-corrected chi connectivity index (χ1v) is 16.1. The second kappa shape index (κ2) is 10.5. The van der Waals surface area contributed by atoms with Crippen molar-refractivity contribution in [1.29, 1.82) is 0 Å². The molecule has 0 saturated carbocycles. The van der Waals surface area contributed by atoms with Crippen LogP contribution in [-0.2, 0) is 22.3 Å². The zero-order valence-electron chi connectivity index (χ0n) is 23.3. The molecule has 2 aliphatic rings. The number of aromatic amines is 1. The SMILES string of the molecule is CC1CCN(c2ccc(-c3ccc4c(c3)[C@H](c3c[nH]c5ccccc35)N(S(=O)(=O)Cc3ccccc3)C4)cc2)CC1. The van der Waals surface area contributed by atoms with Gasteiger partial charge < -0.3 is 9.88 Å². The molecule has 0 unspecified atom stereocenters. The first-order chi connectivity index (χ1) is 20.0. The molecule has 2 aliphatic heterocycles. The Hall–Kier alpha value is -3.87. The highest BCUT2D eigenvalue weighted by Gasteiger charge is 2.40. The van der Waals surface area contributed by atoms with Crippen molar-refractivity contribution >= 4 is 26.6 Å². The van der Waals surface area contributed by atoms with E-state index in [4.69, 9.17) is 0 Å². The van der Waals surface area contributed by atoms with Gasteiger partial charge in [0.1, 0.15) is 0 Å². The Kier molecular flexibility index (Phi) is 6.68. The molecule has 1 saturated heterocycles. The summed E-state index contributed by atoms with van der Waals surface area (Å²) in [5, 5.41) is 1.05. The van der Waals surface area contributed by atoms with E-state index in [0.717, 1.165) is 63.3 Å². The van der Waals surface area contributed by atoms with E-state index < -0.39 is 16.1 Å². The van der Waals surface area contributed by atoms with E-state index >= 15 is 0 Å². The number of aromatic nitrogens is 1. The summed E-state index contributed by atoms with van der Waals surface area (Å²) in [5.41, 5.74) is 8.43. The predicted molar refractivity (Wildman–Crippen MR) is 167 cm³/mol. The van der Waals surface area contributed by atoms with E-state index in [1.807, 2.05) is 54.7 Å². The number of hydrogen-bond donors (Lipinski definition) is 1. The molecule has 208 valence electrons. The fourth-order valence-electron chi connectivity index (χ4n) is 6.49. The number of nitrogens with zero attached hydrogens (tertiary/aromatic N) is 2. The van der Waals surface area contributed by atoms with E-state index in [9.17, 15) is 8.42 Å². The zero-order chi connectivity index (χ0) is 28.0. The van der Waals surface area contributed by atoms with Crippen LogP contribution in [0.4, 0.5) is 5.69 Å². The monoisotopic (exact) mass is 561 g/mol. The van der Waals surface area contributed by atoms with E-state index in [2.05, 4.69) is 65.3 Å². The van der Waals surface area contributed by atoms with E-state index in [0.29, 0.717) is 6.54 Å². The Morgan fingerprint density at radius 1 is 0.805 bits per heavy atom. The second-order valence-corrected chi connectivity index (χ2v) is 13.5. The van der Waals surface area contributed by atoms with Crippen LogP contribution in [0.25, 0.3) is 22.0 Å². The Labute approximate surface area is 242 Å². The highest BCUT2D eigenvalue weighted by Crippen LogP contribution is 2.45. The zero-order valence-corrected chi connectivity index (χ0v) is 24.1. The summed E-state index contributed by atoms with van der Waals surface area (Å²) >= 11 is 0. The molecule has 5 nitrogen and oxygen atoms in total. The van der Waals surface area contributed by atoms with Crippen LogP contribution in [0.3, 0.4) is 0 Å². The average Bonchev–Trinajstić information content (AvgIpc) is 3.59. The van der Waals surface area contributed by atoms with Gasteiger partial charge in [-0.1, -0.05) is 79.7 Å². The third-order valence-electron chi connectivity index (χ3n) is 8.87. The lowest BCUT2D eigenvalue weighted by atomic mass is 9.94. The standard InChI is InChI=1S/C35H35N3O2S/c1-25-17-19-37(20-18-25)30-15-13-27(14-16-30)28-11-12-29-23-38(41(39,40)24-26-7-3-2-4-8-26)35(32(29)21-28)33-22-36-34-10-6-5-9-31(33)34/h2-16,21-22,25,35-36H,17-20,23-24H2,1H3/t35-/m1/s1. The molecule has 7 rings (SSSR count). The van der Waals surface area contributed by atoms with Crippen molar-refractivity contribution in [3.63, 3.8) is 0 Å². The molecule has 1 N–H and O–H groups in total. The molecule has 41 heavy (non-hydrogen) atoms. The summed E-state index contributed by atoms with van der Waals surface area (Å²) < 4.78 is 29.7. The normalized spacial score (nSPS) is 18.2. The fourth-order valence-corrected chi connectivity index (χ4v) is 8.15. The molecule has 1 fully saturated rings. The van der Waals surface area contributed by atoms with Crippen LogP contribution in [0.15, 0.2) is 103 Å². The van der Waals surface area contributed by atoms with Gasteiger partial charge in [0.15, 0.2) is 0 Å². The summed E-state index contributed by atoms with van der Waals surface area (Å²) in [6.45, 7) is 4.92. The maximum atomic E-state index is 14.0. The lowest BCUT2D eigenvalue weighted by Crippen LogP contribution is -2.32. The number of benzene rings is 4. The van der Waals surface area contributed by atoms with Crippen LogP contribution in [0, 0.1) is 5.92 Å². The Morgan fingerprint density at radius 2 is 1.51 bits per heavy atom. The molecule has 4 aromatic carbocycles. The van der Waals surface area contributed by atoms with Gasteiger partial charge in [-0.25, -0.2) is 8.42 Å². The molecule has 3 heterocycles. The molecule has 5 aromatic rings. The Morgan fingerprint density at radius 3 is 2.29 bits per heavy atom. The summed E-state index contributed by atoms with van der Waals surface area (Å²) in [7, 11) is -3.61. The minimum atomic E-state index is -3.61. The minimum absolute atomic E-state index is 0.0235. The predicted octanol–water partition coefficient (Wildman–Crippen LogP) is 7.51. The number of rotatable bonds is 6. The number of hydrogen-bond acceptors (Lipinski definition) is 3. The Balaban J connectivity index is 1.26. The lowest BCUT2D eigenvalue weighted by molar-refractivity contribution is 0.388. The number of H-pyrrole nitrogens is 1. The van der Waals surface area contributed by atoms with Crippen molar-refractivity contribution in [2.75, 3.05) is 18.0 Å². The minimum Gasteiger partial charge on any atom is -0.372 e. The number of piperidine rings is 1. The van der Waals surface area contributed by atoms with Crippen LogP contribution in [0.2, 0.25) is 0 Å². The summed E-state index contributed by atoms with van der Waals surface area (Å²) in [5.74, 6) is 0.780. The molecule has 0 spiro atoms. The molecule has 1 atom stereocenters. The van der Waals surface area contributed by atoms with E-state index in [1.54, 1.807) is 4.31 Å². The summed E-state index contributed by atoms with van der Waals surface area (Å²) in [6.07, 6.45) is 4.47. The molecule has 0 amide bonds. The van der Waals surface area contributed by atoms with Gasteiger partial charge in [0, 0.05) is 48.0 Å². The molecule has 1 aromatic heterocycles. The van der Waals surface area contributed by atoms with Gasteiger partial charge in [-0.3, -0.25) is 0 Å². The molecular formula is C35H35N3O2S. The first kappa shape index (κ1) is 26.1. The Bertz CT molecular complexity index is 1790. The third kappa shape index (κ3) is 4.96. The fraction of sp³-hybridized carbons (Fsp3) is 0.257. The number of sulfonamides is 1. The first-order valence-electron chi connectivity index (χ1n) is 14.5. The van der Waals surface area contributed by atoms with E-state index in [1.165, 1.54) is 18.5 Å². The van der Waals surface area contributed by atoms with Crippen LogP contribution < -0.4 is 4.90 Å². The van der Waals surface area contributed by atoms with Gasteiger partial charge in [0.2, 0.25) is 10.0 Å². The number of anilines is 1. The van der Waals surface area contributed by atoms with Crippen molar-refractivity contribution in [2.45, 2.75) is 38.1 Å². The largest absolute Gasteiger partial charge is 0.372 e. The van der Waals surface area contributed by atoms with Crippen molar-refractivity contribution in [3.05, 3.63) is 126 Å². The highest BCUT2D eigenvalue weighted by atomic mass is 32.2. The van der Waals surface area contributed by atoms with Gasteiger partial charge in [-0.2, -0.15) is 4.31 Å². The van der Waals surface area contributed by atoms with Crippen LogP contribution in [0.1, 0.15) is 48.1 Å². The van der Waals surface area contributed by atoms with E-state index in [-0.39, 0.29) is 5.75 Å². The van der Waals surface area contributed by atoms with Gasteiger partial charge in [0.05, 0.1) is 11.8 Å². The smallest absolute Gasteiger partial charge is 0.219 e. The molecule has 0 aliphatic carbocycles. The molecule has 0 bridgehead atoms. The molecule has 0 radical (unpaired) electrons. The van der Waals surface area contributed by atoms with Crippen LogP contribution in [-0.4, -0.2) is 30.8 Å². The van der Waals surface area contributed by atoms with Gasteiger partial charge >= 0.3 is 0 Å². The third-order valence-corrected chi connectivity index (χ3v) is 10.6. The van der Waals surface area contributed by atoms with Crippen molar-refractivity contribution in [2.24, 2.45) is 5.92 Å². The van der Waals surface area contributed by atoms with Crippen molar-refractivity contribution in [3.8, 4) is 11.1 Å². The lowest BCUT2D eigenvalue weighted by Gasteiger charge is -2.32. The highest BCUT2D eigenvalue weighted by molar-refractivity contribution is 7.88. The van der Waals surface area contributed by atoms with Crippen molar-refractivity contribution in [1.82, 2.24) is 9.29 Å². The number of fused-ring (bicyclic) bond motifs is 2. The van der Waals surface area contributed by atoms with Gasteiger partial charge in [-0.15, -0.1) is 0 Å². The molecular weight excluding hydrogens is 526 g/mol. The maximum Gasteiger partial charge on any atom is 0.219 e. The van der Waals surface area contributed by atoms with Crippen LogP contribution >= 0.6 is 0 Å². The summed E-state index contributed by atoms with van der Waals surface area (Å²) in [4.78, 5) is 5.86. The van der Waals surface area contributed by atoms with Crippen LogP contribution in [0.5, 0.6) is 0 Å². The van der Waals surface area contributed by atoms with Crippen molar-refractivity contribution < 1.29 is 8.42 Å². The average molecular weight is 562 g/mol. The second-order valence-electron chi connectivity index (χ2n) is 11.6. The van der Waals surface area contributed by atoms with Gasteiger partial charge in [0.25, 0.3) is 0 Å². The summed E-state index contributed by atoms with van der Waals surface area (Å²) in [6, 6.07) is 32.5. The maximum absolute atomic E-state index is 14.0. The molecule has 6 heteroatoms. The van der Waals surface area contributed by atoms with Gasteiger partial charge in [-0.05, 0) is 70.8 Å². The quantitative estimate of drug-likeness (QED) is 0.233. The topological polar surface area (TPSA) is 56.4 Å².